The van der Waals surface area contributed by atoms with Crippen LogP contribution in [-0.4, -0.2) is 23.8 Å². The molecule has 0 amide bonds. The normalized spacial score (nSPS) is 14.7. The van der Waals surface area contributed by atoms with Crippen LogP contribution in [0.5, 0.6) is 0 Å². The average molecular weight is 249 g/mol. The van der Waals surface area contributed by atoms with Gasteiger partial charge in [-0.3, -0.25) is 0 Å². The monoisotopic (exact) mass is 249 g/mol. The molecule has 102 valence electrons. The number of aliphatic hydroxyl groups excluding tert-OH is 1. The maximum atomic E-state index is 9.27. The van der Waals surface area contributed by atoms with Gasteiger partial charge < -0.3 is 10.4 Å². The Morgan fingerprint density at radius 3 is 2.28 bits per heavy atom. The lowest BCUT2D eigenvalue weighted by molar-refractivity contribution is 0.180. The van der Waals surface area contributed by atoms with Gasteiger partial charge in [-0.1, -0.05) is 44.2 Å². The van der Waals surface area contributed by atoms with E-state index < -0.39 is 0 Å². The fourth-order valence-corrected chi connectivity index (χ4v) is 2.12. The molecule has 2 atom stereocenters. The predicted molar refractivity (Wildman–Crippen MR) is 77.7 cm³/mol. The van der Waals surface area contributed by atoms with E-state index in [1.54, 1.807) is 0 Å². The molecule has 0 bridgehead atoms. The van der Waals surface area contributed by atoms with E-state index in [1.807, 2.05) is 6.92 Å². The van der Waals surface area contributed by atoms with E-state index in [0.717, 1.165) is 25.8 Å². The lowest BCUT2D eigenvalue weighted by Gasteiger charge is -2.23. The molecule has 0 saturated heterocycles. The predicted octanol–water partition coefficient (Wildman–Crippen LogP) is 3.00. The molecule has 0 aliphatic rings. The summed E-state index contributed by atoms with van der Waals surface area (Å²) in [7, 11) is 0. The van der Waals surface area contributed by atoms with Gasteiger partial charge in [0.25, 0.3) is 0 Å². The van der Waals surface area contributed by atoms with Gasteiger partial charge in [-0.05, 0) is 44.2 Å². The number of aliphatic hydroxyl groups is 1. The molecule has 1 aromatic rings. The molecule has 0 aliphatic heterocycles. The number of nitrogens with one attached hydrogen (secondary N) is 1. The Kier molecular flexibility index (Phi) is 6.99. The molecule has 0 heterocycles. The van der Waals surface area contributed by atoms with Crippen molar-refractivity contribution in [1.29, 1.82) is 0 Å². The van der Waals surface area contributed by atoms with Gasteiger partial charge in [0.2, 0.25) is 0 Å². The first-order valence-electron chi connectivity index (χ1n) is 7.05. The summed E-state index contributed by atoms with van der Waals surface area (Å²) in [6, 6.07) is 11.2. The molecule has 2 nitrogen and oxygen atoms in total. The number of benzene rings is 1. The Labute approximate surface area is 111 Å². The van der Waals surface area contributed by atoms with Crippen LogP contribution in [0, 0.1) is 5.92 Å². The van der Waals surface area contributed by atoms with E-state index in [-0.39, 0.29) is 6.10 Å². The largest absolute Gasteiger partial charge is 0.393 e. The van der Waals surface area contributed by atoms with Crippen molar-refractivity contribution < 1.29 is 5.11 Å². The van der Waals surface area contributed by atoms with E-state index in [2.05, 4.69) is 49.5 Å². The Hall–Kier alpha value is -0.860. The number of hydrogen-bond acceptors (Lipinski definition) is 2. The maximum absolute atomic E-state index is 9.27. The number of rotatable bonds is 8. The minimum Gasteiger partial charge on any atom is -0.393 e. The first-order chi connectivity index (χ1) is 8.59. The summed E-state index contributed by atoms with van der Waals surface area (Å²) in [6.45, 7) is 7.25. The summed E-state index contributed by atoms with van der Waals surface area (Å²) in [5.41, 5.74) is 1.40. The second kappa shape index (κ2) is 8.28. The van der Waals surface area contributed by atoms with Crippen LogP contribution in [-0.2, 0) is 6.42 Å². The van der Waals surface area contributed by atoms with Crippen LogP contribution in [0.4, 0.5) is 0 Å². The zero-order valence-electron chi connectivity index (χ0n) is 11.9. The molecule has 0 radical (unpaired) electrons. The van der Waals surface area contributed by atoms with E-state index >= 15 is 0 Å². The minimum atomic E-state index is -0.209. The lowest BCUT2D eigenvalue weighted by atomic mass is 9.96. The third-order valence-electron chi connectivity index (χ3n) is 3.36. The first kappa shape index (κ1) is 15.2. The van der Waals surface area contributed by atoms with Gasteiger partial charge in [0.1, 0.15) is 0 Å². The van der Waals surface area contributed by atoms with Gasteiger partial charge >= 0.3 is 0 Å². The summed E-state index contributed by atoms with van der Waals surface area (Å²) in [5.74, 6) is 0.628. The second-order valence-electron chi connectivity index (χ2n) is 5.47. The van der Waals surface area contributed by atoms with Gasteiger partial charge in [-0.15, -0.1) is 0 Å². The van der Waals surface area contributed by atoms with Crippen LogP contribution in [0.25, 0.3) is 0 Å². The molecule has 1 aromatic carbocycles. The molecule has 0 spiro atoms. The highest BCUT2D eigenvalue weighted by Gasteiger charge is 2.12. The molecular formula is C16H27NO. The molecule has 0 saturated carbocycles. The number of aryl methyl sites for hydroxylation is 1. The van der Waals surface area contributed by atoms with Crippen molar-refractivity contribution in [2.45, 2.75) is 52.2 Å². The van der Waals surface area contributed by atoms with Gasteiger partial charge in [-0.2, -0.15) is 0 Å². The lowest BCUT2D eigenvalue weighted by Crippen LogP contribution is -2.35. The van der Waals surface area contributed by atoms with Crippen molar-refractivity contribution in [2.75, 3.05) is 6.54 Å². The number of hydrogen-bond donors (Lipinski definition) is 2. The summed E-state index contributed by atoms with van der Waals surface area (Å²) >= 11 is 0. The SMILES string of the molecule is CC(O)CCNC(CCc1ccccc1)C(C)C. The Bertz CT molecular complexity index is 308. The fourth-order valence-electron chi connectivity index (χ4n) is 2.12. The van der Waals surface area contributed by atoms with Gasteiger partial charge in [-0.25, -0.2) is 0 Å². The third-order valence-corrected chi connectivity index (χ3v) is 3.36. The van der Waals surface area contributed by atoms with Crippen molar-refractivity contribution in [3.05, 3.63) is 35.9 Å². The molecule has 2 heteroatoms. The van der Waals surface area contributed by atoms with E-state index in [4.69, 9.17) is 0 Å². The van der Waals surface area contributed by atoms with E-state index in [0.29, 0.717) is 12.0 Å². The highest BCUT2D eigenvalue weighted by molar-refractivity contribution is 5.14. The summed E-state index contributed by atoms with van der Waals surface area (Å²) in [4.78, 5) is 0. The van der Waals surface area contributed by atoms with Crippen molar-refractivity contribution in [3.8, 4) is 0 Å². The molecule has 2 unspecified atom stereocenters. The molecule has 2 N–H and O–H groups in total. The van der Waals surface area contributed by atoms with Crippen molar-refractivity contribution >= 4 is 0 Å². The van der Waals surface area contributed by atoms with Crippen molar-refractivity contribution in [3.63, 3.8) is 0 Å². The van der Waals surface area contributed by atoms with Gasteiger partial charge in [0.05, 0.1) is 6.10 Å². The van der Waals surface area contributed by atoms with Crippen LogP contribution in [0.2, 0.25) is 0 Å². The molecule has 0 aromatic heterocycles. The molecule has 0 fully saturated rings. The van der Waals surface area contributed by atoms with Crippen molar-refractivity contribution in [1.82, 2.24) is 5.32 Å². The smallest absolute Gasteiger partial charge is 0.0524 e. The van der Waals surface area contributed by atoms with Crippen LogP contribution in [0.1, 0.15) is 39.2 Å². The standard InChI is InChI=1S/C16H27NO/c1-13(2)16(17-12-11-14(3)18)10-9-15-7-5-4-6-8-15/h4-8,13-14,16-18H,9-12H2,1-3H3. The molecular weight excluding hydrogens is 222 g/mol. The zero-order chi connectivity index (χ0) is 13.4. The van der Waals surface area contributed by atoms with Crippen LogP contribution in [0.3, 0.4) is 0 Å². The van der Waals surface area contributed by atoms with Crippen LogP contribution >= 0.6 is 0 Å². The Morgan fingerprint density at radius 2 is 1.72 bits per heavy atom. The first-order valence-corrected chi connectivity index (χ1v) is 7.05. The Balaban J connectivity index is 2.34. The zero-order valence-corrected chi connectivity index (χ0v) is 11.9. The van der Waals surface area contributed by atoms with E-state index in [9.17, 15) is 5.11 Å². The van der Waals surface area contributed by atoms with Gasteiger partial charge in [0.15, 0.2) is 0 Å². The summed E-state index contributed by atoms with van der Waals surface area (Å²) in [5, 5.41) is 12.8. The highest BCUT2D eigenvalue weighted by atomic mass is 16.3. The Morgan fingerprint density at radius 1 is 1.06 bits per heavy atom. The van der Waals surface area contributed by atoms with E-state index in [1.165, 1.54) is 5.56 Å². The average Bonchev–Trinajstić information content (AvgIpc) is 2.34. The third kappa shape index (κ3) is 6.18. The van der Waals surface area contributed by atoms with Gasteiger partial charge in [0, 0.05) is 6.04 Å². The molecule has 18 heavy (non-hydrogen) atoms. The molecule has 1 rings (SSSR count). The summed E-state index contributed by atoms with van der Waals surface area (Å²) < 4.78 is 0. The minimum absolute atomic E-state index is 0.209. The van der Waals surface area contributed by atoms with Crippen molar-refractivity contribution in [2.24, 2.45) is 5.92 Å². The maximum Gasteiger partial charge on any atom is 0.0524 e. The topological polar surface area (TPSA) is 32.3 Å². The summed E-state index contributed by atoms with van der Waals surface area (Å²) in [6.07, 6.45) is 2.89. The fraction of sp³-hybridized carbons (Fsp3) is 0.625. The second-order valence-corrected chi connectivity index (χ2v) is 5.47. The molecule has 0 aliphatic carbocycles. The highest BCUT2D eigenvalue weighted by Crippen LogP contribution is 2.11. The van der Waals surface area contributed by atoms with Crippen LogP contribution in [0.15, 0.2) is 30.3 Å². The van der Waals surface area contributed by atoms with Crippen LogP contribution < -0.4 is 5.32 Å². The quantitative estimate of drug-likeness (QED) is 0.742.